The Morgan fingerprint density at radius 3 is 3.00 bits per heavy atom. The van der Waals surface area contributed by atoms with Gasteiger partial charge in [0.15, 0.2) is 0 Å². The van der Waals surface area contributed by atoms with Crippen LogP contribution in [0.3, 0.4) is 0 Å². The Morgan fingerprint density at radius 2 is 2.47 bits per heavy atom. The predicted molar refractivity (Wildman–Crippen MR) is 55.2 cm³/mol. The van der Waals surface area contributed by atoms with E-state index in [1.165, 1.54) is 7.11 Å². The van der Waals surface area contributed by atoms with E-state index < -0.39 is 0 Å². The topological polar surface area (TPSA) is 67.4 Å². The van der Waals surface area contributed by atoms with Crippen LogP contribution in [-0.2, 0) is 14.3 Å². The minimum absolute atomic E-state index is 0.0705. The first kappa shape index (κ1) is 11.7. The predicted octanol–water partition coefficient (Wildman–Crippen LogP) is -0.416. The molecule has 0 aromatic carbocycles. The zero-order chi connectivity index (χ0) is 11.3. The highest BCUT2D eigenvalue weighted by atomic mass is 16.5. The fourth-order valence-corrected chi connectivity index (χ4v) is 1.37. The van der Waals surface area contributed by atoms with Gasteiger partial charge in [0, 0.05) is 31.1 Å². The van der Waals surface area contributed by atoms with Crippen molar-refractivity contribution in [2.24, 2.45) is 0 Å². The average molecular weight is 212 g/mol. The molecule has 0 aliphatic carbocycles. The third-order valence-corrected chi connectivity index (χ3v) is 2.30. The quantitative estimate of drug-likeness (QED) is 0.491. The molecular formula is C10H16N2O3. The first-order chi connectivity index (χ1) is 7.13. The maximum Gasteiger partial charge on any atom is 0.333 e. The Kier molecular flexibility index (Phi) is 4.30. The van der Waals surface area contributed by atoms with Crippen LogP contribution in [0.25, 0.3) is 0 Å². The number of carbonyl (C=O) groups excluding carboxylic acids is 2. The smallest absolute Gasteiger partial charge is 0.333 e. The van der Waals surface area contributed by atoms with Gasteiger partial charge in [-0.25, -0.2) is 4.79 Å². The van der Waals surface area contributed by atoms with Gasteiger partial charge in [0.25, 0.3) is 0 Å². The molecule has 1 amide bonds. The van der Waals surface area contributed by atoms with Crippen molar-refractivity contribution in [2.75, 3.05) is 20.2 Å². The van der Waals surface area contributed by atoms with Crippen molar-refractivity contribution in [3.63, 3.8) is 0 Å². The molecule has 0 aromatic rings. The summed E-state index contributed by atoms with van der Waals surface area (Å²) in [5.41, 5.74) is 0.572. The molecule has 15 heavy (non-hydrogen) atoms. The van der Waals surface area contributed by atoms with Gasteiger partial charge in [-0.2, -0.15) is 0 Å². The number of methoxy groups -OCH3 is 1. The second-order valence-electron chi connectivity index (χ2n) is 3.49. The number of hydrogen-bond acceptors (Lipinski definition) is 4. The third kappa shape index (κ3) is 3.71. The Hall–Kier alpha value is -1.36. The minimum atomic E-state index is -0.322. The molecule has 0 radical (unpaired) electrons. The van der Waals surface area contributed by atoms with E-state index in [0.29, 0.717) is 25.1 Å². The van der Waals surface area contributed by atoms with E-state index in [-0.39, 0.29) is 17.9 Å². The van der Waals surface area contributed by atoms with Crippen LogP contribution in [0.4, 0.5) is 0 Å². The van der Waals surface area contributed by atoms with Crippen molar-refractivity contribution < 1.29 is 14.3 Å². The van der Waals surface area contributed by atoms with E-state index in [2.05, 4.69) is 15.4 Å². The lowest BCUT2D eigenvalue weighted by Gasteiger charge is -2.07. The lowest BCUT2D eigenvalue weighted by atomic mass is 10.2. The van der Waals surface area contributed by atoms with Crippen molar-refractivity contribution in [2.45, 2.75) is 19.4 Å². The molecule has 5 heteroatoms. The molecule has 1 atom stereocenters. The largest absolute Gasteiger partial charge is 0.466 e. The maximum atomic E-state index is 11.0. The van der Waals surface area contributed by atoms with E-state index >= 15 is 0 Å². The van der Waals surface area contributed by atoms with E-state index in [4.69, 9.17) is 0 Å². The SMILES string of the molecule is COC(=O)C(C)=CCNC1CNC(=O)C1. The maximum absolute atomic E-state index is 11.0. The van der Waals surface area contributed by atoms with Crippen LogP contribution < -0.4 is 10.6 Å². The zero-order valence-electron chi connectivity index (χ0n) is 9.00. The van der Waals surface area contributed by atoms with Gasteiger partial charge < -0.3 is 15.4 Å². The monoisotopic (exact) mass is 212 g/mol. The molecule has 1 heterocycles. The summed E-state index contributed by atoms with van der Waals surface area (Å²) in [5.74, 6) is -0.251. The van der Waals surface area contributed by atoms with Crippen LogP contribution in [-0.4, -0.2) is 38.1 Å². The van der Waals surface area contributed by atoms with Crippen LogP contribution in [0.2, 0.25) is 0 Å². The molecule has 1 fully saturated rings. The highest BCUT2D eigenvalue weighted by Crippen LogP contribution is 1.99. The first-order valence-electron chi connectivity index (χ1n) is 4.88. The summed E-state index contributed by atoms with van der Waals surface area (Å²) in [6.07, 6.45) is 2.26. The third-order valence-electron chi connectivity index (χ3n) is 2.30. The zero-order valence-corrected chi connectivity index (χ0v) is 9.00. The molecule has 1 rings (SSSR count). The molecule has 0 saturated carbocycles. The number of hydrogen-bond donors (Lipinski definition) is 2. The highest BCUT2D eigenvalue weighted by molar-refractivity contribution is 5.87. The number of amides is 1. The molecule has 1 aliphatic heterocycles. The summed E-state index contributed by atoms with van der Waals surface area (Å²) in [6.45, 7) is 2.93. The van der Waals surface area contributed by atoms with Crippen LogP contribution >= 0.6 is 0 Å². The number of carbonyl (C=O) groups is 2. The van der Waals surface area contributed by atoms with Crippen molar-refractivity contribution in [3.05, 3.63) is 11.6 Å². The molecule has 1 unspecified atom stereocenters. The van der Waals surface area contributed by atoms with E-state index in [1.807, 2.05) is 0 Å². The summed E-state index contributed by atoms with van der Waals surface area (Å²) >= 11 is 0. The molecule has 1 aliphatic rings. The molecule has 5 nitrogen and oxygen atoms in total. The second kappa shape index (κ2) is 5.50. The summed E-state index contributed by atoms with van der Waals surface area (Å²) in [7, 11) is 1.35. The molecule has 1 saturated heterocycles. The summed E-state index contributed by atoms with van der Waals surface area (Å²) < 4.78 is 4.55. The Morgan fingerprint density at radius 1 is 1.73 bits per heavy atom. The molecule has 0 bridgehead atoms. The summed E-state index contributed by atoms with van der Waals surface area (Å²) in [4.78, 5) is 21.9. The van der Waals surface area contributed by atoms with Gasteiger partial charge in [-0.3, -0.25) is 4.79 Å². The first-order valence-corrected chi connectivity index (χ1v) is 4.88. The van der Waals surface area contributed by atoms with Gasteiger partial charge in [0.05, 0.1) is 7.11 Å². The number of rotatable bonds is 4. The van der Waals surface area contributed by atoms with Crippen molar-refractivity contribution in [3.8, 4) is 0 Å². The normalized spacial score (nSPS) is 21.3. The fourth-order valence-electron chi connectivity index (χ4n) is 1.37. The summed E-state index contributed by atoms with van der Waals surface area (Å²) in [6, 6.07) is 0.166. The average Bonchev–Trinajstić information content (AvgIpc) is 2.63. The second-order valence-corrected chi connectivity index (χ2v) is 3.49. The van der Waals surface area contributed by atoms with Crippen LogP contribution in [0.15, 0.2) is 11.6 Å². The fraction of sp³-hybridized carbons (Fsp3) is 0.600. The van der Waals surface area contributed by atoms with Gasteiger partial charge in [-0.05, 0) is 6.92 Å². The number of esters is 1. The Bertz CT molecular complexity index is 286. The van der Waals surface area contributed by atoms with Crippen molar-refractivity contribution >= 4 is 11.9 Å². The van der Waals surface area contributed by atoms with Gasteiger partial charge in [-0.15, -0.1) is 0 Å². The van der Waals surface area contributed by atoms with Crippen LogP contribution in [0.5, 0.6) is 0 Å². The molecule has 0 aromatic heterocycles. The van der Waals surface area contributed by atoms with Crippen molar-refractivity contribution in [1.29, 1.82) is 0 Å². The Balaban J connectivity index is 2.26. The number of nitrogens with one attached hydrogen (secondary N) is 2. The van der Waals surface area contributed by atoms with Gasteiger partial charge in [0.2, 0.25) is 5.91 Å². The van der Waals surface area contributed by atoms with E-state index in [9.17, 15) is 9.59 Å². The molecule has 0 spiro atoms. The standard InChI is InChI=1S/C10H16N2O3/c1-7(10(14)15-2)3-4-11-8-5-9(13)12-6-8/h3,8,11H,4-6H2,1-2H3,(H,12,13). The van der Waals surface area contributed by atoms with Gasteiger partial charge in [0.1, 0.15) is 0 Å². The minimum Gasteiger partial charge on any atom is -0.466 e. The molecule has 84 valence electrons. The summed E-state index contributed by atoms with van der Waals surface area (Å²) in [5, 5.41) is 5.88. The van der Waals surface area contributed by atoms with Gasteiger partial charge >= 0.3 is 5.97 Å². The van der Waals surface area contributed by atoms with E-state index in [1.54, 1.807) is 13.0 Å². The molecule has 2 N–H and O–H groups in total. The van der Waals surface area contributed by atoms with Gasteiger partial charge in [-0.1, -0.05) is 6.08 Å². The molecular weight excluding hydrogens is 196 g/mol. The van der Waals surface area contributed by atoms with Crippen LogP contribution in [0, 0.1) is 0 Å². The number of ether oxygens (including phenoxy) is 1. The lowest BCUT2D eigenvalue weighted by Crippen LogP contribution is -2.31. The van der Waals surface area contributed by atoms with Crippen LogP contribution in [0.1, 0.15) is 13.3 Å². The lowest BCUT2D eigenvalue weighted by molar-refractivity contribution is -0.136. The van der Waals surface area contributed by atoms with Crippen molar-refractivity contribution in [1.82, 2.24) is 10.6 Å². The highest BCUT2D eigenvalue weighted by Gasteiger charge is 2.19. The van der Waals surface area contributed by atoms with E-state index in [0.717, 1.165) is 0 Å². The Labute approximate surface area is 88.9 Å².